The monoisotopic (exact) mass is 388 g/mol. The molecule has 3 N–H and O–H groups in total. The third-order valence-electron chi connectivity index (χ3n) is 4.86. The molecule has 1 atom stereocenters. The van der Waals surface area contributed by atoms with E-state index in [2.05, 4.69) is 5.32 Å². The zero-order chi connectivity index (χ0) is 18.4. The van der Waals surface area contributed by atoms with Gasteiger partial charge in [0.1, 0.15) is 0 Å². The van der Waals surface area contributed by atoms with Crippen LogP contribution in [-0.4, -0.2) is 47.0 Å². The predicted molar refractivity (Wildman–Crippen MR) is 101 cm³/mol. The number of hydrogen-bond acceptors (Lipinski definition) is 6. The van der Waals surface area contributed by atoms with Crippen LogP contribution in [0.3, 0.4) is 0 Å². The van der Waals surface area contributed by atoms with Gasteiger partial charge in [-0.1, -0.05) is 0 Å². The van der Waals surface area contributed by atoms with Gasteiger partial charge < -0.3 is 30.0 Å². The van der Waals surface area contributed by atoms with Crippen molar-refractivity contribution in [2.24, 2.45) is 11.1 Å². The Morgan fingerprint density at radius 3 is 2.15 bits per heavy atom. The number of hydrogen-bond donors (Lipinski definition) is 2. The van der Waals surface area contributed by atoms with Crippen LogP contribution >= 0.6 is 12.4 Å². The average molecular weight is 389 g/mol. The number of nitrogens with one attached hydrogen (secondary N) is 1. The van der Waals surface area contributed by atoms with Crippen molar-refractivity contribution in [2.45, 2.75) is 25.8 Å². The molecule has 1 heterocycles. The Morgan fingerprint density at radius 2 is 1.73 bits per heavy atom. The lowest BCUT2D eigenvalue weighted by Gasteiger charge is -2.35. The molecule has 2 rings (SSSR count). The molecule has 8 heteroatoms. The van der Waals surface area contributed by atoms with Crippen molar-refractivity contribution < 1.29 is 23.7 Å². The Morgan fingerprint density at radius 1 is 1.19 bits per heavy atom. The van der Waals surface area contributed by atoms with Crippen molar-refractivity contribution in [3.8, 4) is 17.2 Å². The maximum Gasteiger partial charge on any atom is 0.228 e. The van der Waals surface area contributed by atoms with Crippen LogP contribution in [0.25, 0.3) is 0 Å². The molecular formula is C18H29ClN2O5. The summed E-state index contributed by atoms with van der Waals surface area (Å²) in [7, 11) is 4.69. The molecule has 148 valence electrons. The first-order chi connectivity index (χ1) is 12.0. The van der Waals surface area contributed by atoms with Gasteiger partial charge in [0.2, 0.25) is 11.7 Å². The minimum absolute atomic E-state index is 0. The van der Waals surface area contributed by atoms with Crippen LogP contribution in [0.1, 0.15) is 31.4 Å². The first kappa shape index (κ1) is 22.3. The van der Waals surface area contributed by atoms with E-state index in [0.717, 1.165) is 5.56 Å². The van der Waals surface area contributed by atoms with Crippen LogP contribution in [0.2, 0.25) is 0 Å². The van der Waals surface area contributed by atoms with Gasteiger partial charge in [-0.05, 0) is 37.5 Å². The lowest BCUT2D eigenvalue weighted by molar-refractivity contribution is -0.136. The highest BCUT2D eigenvalue weighted by Gasteiger charge is 2.39. The molecule has 1 saturated heterocycles. The summed E-state index contributed by atoms with van der Waals surface area (Å²) in [4.78, 5) is 12.8. The minimum Gasteiger partial charge on any atom is -0.493 e. The highest BCUT2D eigenvalue weighted by atomic mass is 35.5. The fourth-order valence-electron chi connectivity index (χ4n) is 3.07. The summed E-state index contributed by atoms with van der Waals surface area (Å²) < 4.78 is 21.5. The molecular weight excluding hydrogens is 360 g/mol. The molecule has 26 heavy (non-hydrogen) atoms. The molecule has 0 aromatic heterocycles. The lowest BCUT2D eigenvalue weighted by Crippen LogP contribution is -2.49. The topological polar surface area (TPSA) is 92.0 Å². The van der Waals surface area contributed by atoms with E-state index >= 15 is 0 Å². The number of nitrogens with two attached hydrogens (primary N) is 1. The second-order valence-corrected chi connectivity index (χ2v) is 6.25. The Labute approximate surface area is 160 Å². The van der Waals surface area contributed by atoms with Crippen molar-refractivity contribution in [3.05, 3.63) is 17.7 Å². The summed E-state index contributed by atoms with van der Waals surface area (Å²) in [6.45, 7) is 3.35. The lowest BCUT2D eigenvalue weighted by atomic mass is 9.79. The fraction of sp³-hybridized carbons (Fsp3) is 0.611. The SMILES string of the molecule is COc1cc(C(C)NC(=O)C2(CN)CCOCC2)cc(OC)c1OC.Cl. The van der Waals surface area contributed by atoms with Crippen LogP contribution in [-0.2, 0) is 9.53 Å². The molecule has 7 nitrogen and oxygen atoms in total. The van der Waals surface area contributed by atoms with Crippen molar-refractivity contribution >= 4 is 18.3 Å². The van der Waals surface area contributed by atoms with Gasteiger partial charge in [-0.25, -0.2) is 0 Å². The van der Waals surface area contributed by atoms with E-state index < -0.39 is 5.41 Å². The Bertz CT molecular complexity index is 580. The fourth-order valence-corrected chi connectivity index (χ4v) is 3.07. The number of rotatable bonds is 7. The van der Waals surface area contributed by atoms with E-state index in [-0.39, 0.29) is 24.4 Å². The number of carbonyl (C=O) groups is 1. The van der Waals surface area contributed by atoms with E-state index in [1.807, 2.05) is 19.1 Å². The first-order valence-electron chi connectivity index (χ1n) is 8.40. The molecule has 1 aromatic rings. The Balaban J connectivity index is 0.00000338. The number of ether oxygens (including phenoxy) is 4. The van der Waals surface area contributed by atoms with E-state index in [4.69, 9.17) is 24.7 Å². The molecule has 1 aromatic carbocycles. The van der Waals surface area contributed by atoms with Crippen LogP contribution in [0.4, 0.5) is 0 Å². The quantitative estimate of drug-likeness (QED) is 0.742. The molecule has 1 unspecified atom stereocenters. The third-order valence-corrected chi connectivity index (χ3v) is 4.86. The second kappa shape index (κ2) is 9.85. The maximum atomic E-state index is 12.8. The number of benzene rings is 1. The van der Waals surface area contributed by atoms with Gasteiger partial charge in [-0.2, -0.15) is 0 Å². The smallest absolute Gasteiger partial charge is 0.228 e. The van der Waals surface area contributed by atoms with Crippen molar-refractivity contribution in [1.29, 1.82) is 0 Å². The zero-order valence-corrected chi connectivity index (χ0v) is 16.6. The van der Waals surface area contributed by atoms with E-state index in [1.54, 1.807) is 21.3 Å². The van der Waals surface area contributed by atoms with Gasteiger partial charge >= 0.3 is 0 Å². The van der Waals surface area contributed by atoms with Gasteiger partial charge in [0.05, 0.1) is 32.8 Å². The number of methoxy groups -OCH3 is 3. The van der Waals surface area contributed by atoms with Gasteiger partial charge in [0.25, 0.3) is 0 Å². The molecule has 1 amide bonds. The molecule has 0 saturated carbocycles. The first-order valence-corrected chi connectivity index (χ1v) is 8.40. The summed E-state index contributed by atoms with van der Waals surface area (Å²) in [5, 5.41) is 3.07. The zero-order valence-electron chi connectivity index (χ0n) is 15.8. The Hall–Kier alpha value is -1.70. The van der Waals surface area contributed by atoms with Crippen LogP contribution in [0, 0.1) is 5.41 Å². The highest BCUT2D eigenvalue weighted by molar-refractivity contribution is 5.85. The molecule has 1 aliphatic heterocycles. The number of halogens is 1. The third kappa shape index (κ3) is 4.52. The average Bonchev–Trinajstić information content (AvgIpc) is 2.66. The highest BCUT2D eigenvalue weighted by Crippen LogP contribution is 2.40. The Kier molecular flexibility index (Phi) is 8.46. The number of amides is 1. The van der Waals surface area contributed by atoms with Crippen LogP contribution in [0.15, 0.2) is 12.1 Å². The van der Waals surface area contributed by atoms with Crippen LogP contribution in [0.5, 0.6) is 17.2 Å². The van der Waals surface area contributed by atoms with Gasteiger partial charge in [0.15, 0.2) is 11.5 Å². The largest absolute Gasteiger partial charge is 0.493 e. The second-order valence-electron chi connectivity index (χ2n) is 6.25. The van der Waals surface area contributed by atoms with E-state index in [9.17, 15) is 4.79 Å². The molecule has 0 spiro atoms. The predicted octanol–water partition coefficient (Wildman–Crippen LogP) is 2.07. The molecule has 0 radical (unpaired) electrons. The van der Waals surface area contributed by atoms with Gasteiger partial charge in [0, 0.05) is 19.8 Å². The minimum atomic E-state index is -0.562. The summed E-state index contributed by atoms with van der Waals surface area (Å²) in [5.74, 6) is 1.59. The van der Waals surface area contributed by atoms with E-state index in [1.165, 1.54) is 0 Å². The van der Waals surface area contributed by atoms with E-state index in [0.29, 0.717) is 49.8 Å². The normalized spacial score (nSPS) is 16.8. The van der Waals surface area contributed by atoms with Gasteiger partial charge in [-0.3, -0.25) is 4.79 Å². The summed E-state index contributed by atoms with van der Waals surface area (Å²) in [6.07, 6.45) is 1.27. The van der Waals surface area contributed by atoms with Crippen LogP contribution < -0.4 is 25.3 Å². The van der Waals surface area contributed by atoms with Crippen molar-refractivity contribution in [3.63, 3.8) is 0 Å². The summed E-state index contributed by atoms with van der Waals surface area (Å²) in [6, 6.07) is 3.45. The molecule has 0 bridgehead atoms. The van der Waals surface area contributed by atoms with Crippen molar-refractivity contribution in [2.75, 3.05) is 41.1 Å². The standard InChI is InChI=1S/C18H28N2O5.ClH/c1-12(20-17(21)18(11-19)5-7-25-8-6-18)13-9-14(22-2)16(24-4)15(10-13)23-3;/h9-10,12H,5-8,11,19H2,1-4H3,(H,20,21);1H. The van der Waals surface area contributed by atoms with Gasteiger partial charge in [-0.15, -0.1) is 12.4 Å². The maximum absolute atomic E-state index is 12.8. The van der Waals surface area contributed by atoms with Crippen molar-refractivity contribution in [1.82, 2.24) is 5.32 Å². The molecule has 1 aliphatic rings. The number of carbonyl (C=O) groups excluding carboxylic acids is 1. The molecule has 0 aliphatic carbocycles. The summed E-state index contributed by atoms with van der Waals surface area (Å²) in [5.41, 5.74) is 6.21. The molecule has 1 fully saturated rings. The summed E-state index contributed by atoms with van der Waals surface area (Å²) >= 11 is 0.